The highest BCUT2D eigenvalue weighted by Crippen LogP contribution is 2.35. The summed E-state index contributed by atoms with van der Waals surface area (Å²) in [7, 11) is 0. The fourth-order valence-corrected chi connectivity index (χ4v) is 3.31. The van der Waals surface area contributed by atoms with Gasteiger partial charge >= 0.3 is 0 Å². The number of halogens is 1. The molecule has 0 fully saturated rings. The molecule has 1 N–H and O–H groups in total. The van der Waals surface area contributed by atoms with Gasteiger partial charge in [0.05, 0.1) is 17.1 Å². The van der Waals surface area contributed by atoms with E-state index in [1.807, 2.05) is 61.0 Å². The van der Waals surface area contributed by atoms with Gasteiger partial charge in [-0.2, -0.15) is 5.10 Å². The minimum Gasteiger partial charge on any atom is -0.321 e. The number of carbonyl (C=O) groups is 1. The Morgan fingerprint density at radius 2 is 1.88 bits per heavy atom. The Labute approximate surface area is 150 Å². The first-order valence-electron chi connectivity index (χ1n) is 7.99. The van der Waals surface area contributed by atoms with Crippen LogP contribution in [-0.4, -0.2) is 15.7 Å². The minimum atomic E-state index is -0.122. The number of nitrogens with one attached hydrogen (secondary N) is 1. The zero-order valence-corrected chi connectivity index (χ0v) is 14.6. The summed E-state index contributed by atoms with van der Waals surface area (Å²) in [5, 5.41) is 8.11. The van der Waals surface area contributed by atoms with Crippen molar-refractivity contribution in [3.05, 3.63) is 76.1 Å². The number of fused-ring (bicyclic) bond motifs is 1. The average molecular weight is 350 g/mol. The molecule has 1 aliphatic rings. The summed E-state index contributed by atoms with van der Waals surface area (Å²) in [5.74, 6) is -0.122. The number of hydrogen-bond acceptors (Lipinski definition) is 2. The third-order valence-electron chi connectivity index (χ3n) is 4.40. The van der Waals surface area contributed by atoms with Crippen molar-refractivity contribution in [1.82, 2.24) is 9.78 Å². The zero-order valence-electron chi connectivity index (χ0n) is 13.9. The second-order valence-corrected chi connectivity index (χ2v) is 6.47. The Morgan fingerprint density at radius 3 is 2.64 bits per heavy atom. The predicted octanol–water partition coefficient (Wildman–Crippen LogP) is 4.64. The molecule has 0 bridgehead atoms. The van der Waals surface area contributed by atoms with Gasteiger partial charge in [-0.05, 0) is 44.2 Å². The van der Waals surface area contributed by atoms with Gasteiger partial charge < -0.3 is 5.32 Å². The standard InChI is InChI=1S/C20H16ClN3O/c1-12-17(13(2)24(23-12)15-6-4-3-5-7-15)11-18-16-9-8-14(21)10-19(16)22-20(18)25/h3-11H,1-2H3,(H,22,25)/b18-11-. The molecule has 0 saturated heterocycles. The van der Waals surface area contributed by atoms with Crippen molar-refractivity contribution >= 4 is 34.8 Å². The van der Waals surface area contributed by atoms with Gasteiger partial charge in [-0.15, -0.1) is 0 Å². The van der Waals surface area contributed by atoms with Crippen LogP contribution >= 0.6 is 11.6 Å². The average Bonchev–Trinajstić information content (AvgIpc) is 3.06. The van der Waals surface area contributed by atoms with Crippen LogP contribution in [0.15, 0.2) is 48.5 Å². The van der Waals surface area contributed by atoms with E-state index in [2.05, 4.69) is 10.4 Å². The number of benzene rings is 2. The van der Waals surface area contributed by atoms with E-state index in [9.17, 15) is 4.79 Å². The van der Waals surface area contributed by atoms with Gasteiger partial charge in [-0.3, -0.25) is 4.79 Å². The monoisotopic (exact) mass is 349 g/mol. The van der Waals surface area contributed by atoms with E-state index in [0.717, 1.165) is 33.9 Å². The summed E-state index contributed by atoms with van der Waals surface area (Å²) in [4.78, 5) is 12.4. The summed E-state index contributed by atoms with van der Waals surface area (Å²) in [6, 6.07) is 15.4. The molecule has 3 aromatic rings. The second-order valence-electron chi connectivity index (χ2n) is 6.03. The summed E-state index contributed by atoms with van der Waals surface area (Å²) < 4.78 is 1.90. The number of nitrogens with zero attached hydrogens (tertiary/aromatic N) is 2. The lowest BCUT2D eigenvalue weighted by molar-refractivity contribution is -0.110. The van der Waals surface area contributed by atoms with Gasteiger partial charge in [-0.1, -0.05) is 35.9 Å². The van der Waals surface area contributed by atoms with E-state index in [4.69, 9.17) is 11.6 Å². The van der Waals surface area contributed by atoms with Crippen LogP contribution in [0, 0.1) is 13.8 Å². The van der Waals surface area contributed by atoms with E-state index in [1.165, 1.54) is 0 Å². The molecule has 4 rings (SSSR count). The molecule has 0 atom stereocenters. The van der Waals surface area contributed by atoms with Crippen molar-refractivity contribution in [2.24, 2.45) is 0 Å². The van der Waals surface area contributed by atoms with Crippen molar-refractivity contribution in [3.63, 3.8) is 0 Å². The molecular formula is C20H16ClN3O. The summed E-state index contributed by atoms with van der Waals surface area (Å²) in [6.45, 7) is 3.96. The third-order valence-corrected chi connectivity index (χ3v) is 4.64. The number of aromatic nitrogens is 2. The molecule has 4 nitrogen and oxygen atoms in total. The van der Waals surface area contributed by atoms with Crippen molar-refractivity contribution in [3.8, 4) is 5.69 Å². The van der Waals surface area contributed by atoms with Crippen LogP contribution in [0.4, 0.5) is 5.69 Å². The Kier molecular flexibility index (Phi) is 3.70. The van der Waals surface area contributed by atoms with Gasteiger partial charge in [0.2, 0.25) is 0 Å². The number of anilines is 1. The fraction of sp³-hybridized carbons (Fsp3) is 0.100. The Bertz CT molecular complexity index is 1020. The lowest BCUT2D eigenvalue weighted by Gasteiger charge is -2.04. The van der Waals surface area contributed by atoms with Crippen molar-refractivity contribution in [1.29, 1.82) is 0 Å². The maximum atomic E-state index is 12.4. The van der Waals surface area contributed by atoms with Crippen LogP contribution in [0.25, 0.3) is 17.3 Å². The molecule has 0 spiro atoms. The highest BCUT2D eigenvalue weighted by Gasteiger charge is 2.25. The van der Waals surface area contributed by atoms with E-state index >= 15 is 0 Å². The maximum Gasteiger partial charge on any atom is 0.256 e. The molecule has 0 saturated carbocycles. The van der Waals surface area contributed by atoms with E-state index in [-0.39, 0.29) is 5.91 Å². The van der Waals surface area contributed by atoms with Crippen LogP contribution in [0.1, 0.15) is 22.5 Å². The van der Waals surface area contributed by atoms with E-state index in [1.54, 1.807) is 12.1 Å². The molecule has 0 aliphatic carbocycles. The topological polar surface area (TPSA) is 46.9 Å². The number of rotatable bonds is 2. The lowest BCUT2D eigenvalue weighted by atomic mass is 10.0. The Balaban J connectivity index is 1.84. The molecule has 124 valence electrons. The predicted molar refractivity (Wildman–Crippen MR) is 101 cm³/mol. The first-order valence-corrected chi connectivity index (χ1v) is 8.37. The van der Waals surface area contributed by atoms with Gasteiger partial charge in [-0.25, -0.2) is 4.68 Å². The molecule has 25 heavy (non-hydrogen) atoms. The largest absolute Gasteiger partial charge is 0.321 e. The Morgan fingerprint density at radius 1 is 1.12 bits per heavy atom. The van der Waals surface area contributed by atoms with Crippen molar-refractivity contribution in [2.45, 2.75) is 13.8 Å². The quantitative estimate of drug-likeness (QED) is 0.685. The summed E-state index contributed by atoms with van der Waals surface area (Å²) in [5.41, 5.74) is 6.06. The van der Waals surface area contributed by atoms with Crippen LogP contribution in [-0.2, 0) is 4.79 Å². The highest BCUT2D eigenvalue weighted by molar-refractivity contribution is 6.36. The van der Waals surface area contributed by atoms with Crippen LogP contribution in [0.2, 0.25) is 5.02 Å². The SMILES string of the molecule is Cc1nn(-c2ccccc2)c(C)c1/C=C1\C(=O)Nc2cc(Cl)ccc21. The smallest absolute Gasteiger partial charge is 0.256 e. The molecule has 1 aromatic heterocycles. The van der Waals surface area contributed by atoms with Gasteiger partial charge in [0.25, 0.3) is 5.91 Å². The van der Waals surface area contributed by atoms with Crippen molar-refractivity contribution in [2.75, 3.05) is 5.32 Å². The van der Waals surface area contributed by atoms with Crippen molar-refractivity contribution < 1.29 is 4.79 Å². The Hall–Kier alpha value is -2.85. The molecule has 0 unspecified atom stereocenters. The number of carbonyl (C=O) groups excluding carboxylic acids is 1. The molecule has 5 heteroatoms. The molecule has 1 aliphatic heterocycles. The van der Waals surface area contributed by atoms with E-state index < -0.39 is 0 Å². The third kappa shape index (κ3) is 2.65. The lowest BCUT2D eigenvalue weighted by Crippen LogP contribution is -2.03. The highest BCUT2D eigenvalue weighted by atomic mass is 35.5. The van der Waals surface area contributed by atoms with E-state index in [0.29, 0.717) is 10.6 Å². The summed E-state index contributed by atoms with van der Waals surface area (Å²) >= 11 is 6.02. The molecule has 2 heterocycles. The van der Waals surface area contributed by atoms with Crippen LogP contribution in [0.3, 0.4) is 0 Å². The van der Waals surface area contributed by atoms with Crippen LogP contribution < -0.4 is 5.32 Å². The first-order chi connectivity index (χ1) is 12.0. The van der Waals surface area contributed by atoms with Gasteiger partial charge in [0, 0.05) is 27.4 Å². The molecule has 1 amide bonds. The zero-order chi connectivity index (χ0) is 17.6. The minimum absolute atomic E-state index is 0.122. The van der Waals surface area contributed by atoms with Gasteiger partial charge in [0.1, 0.15) is 0 Å². The number of amides is 1. The fourth-order valence-electron chi connectivity index (χ4n) is 3.14. The number of aryl methyl sites for hydroxylation is 1. The normalized spacial score (nSPS) is 14.7. The van der Waals surface area contributed by atoms with Crippen LogP contribution in [0.5, 0.6) is 0 Å². The molecular weight excluding hydrogens is 334 g/mol. The molecule has 0 radical (unpaired) electrons. The molecule has 2 aromatic carbocycles. The number of hydrogen-bond donors (Lipinski definition) is 1. The number of para-hydroxylation sites is 1. The maximum absolute atomic E-state index is 12.4. The van der Waals surface area contributed by atoms with Gasteiger partial charge in [0.15, 0.2) is 0 Å². The first kappa shape index (κ1) is 15.7. The summed E-state index contributed by atoms with van der Waals surface area (Å²) in [6.07, 6.45) is 1.91. The second kappa shape index (κ2) is 5.90.